The standard InChI is InChI=1S/C14H20N2O4/c1-2-3-7-16-14(18)20-9-11-5-4-6-12(8-11)19-10-13(15)17/h4-6,8H,2-3,7,9-10H2,1H3,(H2,15,17)(H,16,18). The number of ether oxygens (including phenoxy) is 2. The number of rotatable bonds is 8. The van der Waals surface area contributed by atoms with Gasteiger partial charge in [0.1, 0.15) is 12.4 Å². The summed E-state index contributed by atoms with van der Waals surface area (Å²) < 4.78 is 10.2. The zero-order chi connectivity index (χ0) is 14.8. The zero-order valence-corrected chi connectivity index (χ0v) is 11.6. The van der Waals surface area contributed by atoms with Crippen LogP contribution in [0.3, 0.4) is 0 Å². The monoisotopic (exact) mass is 280 g/mol. The van der Waals surface area contributed by atoms with Gasteiger partial charge in [0, 0.05) is 6.54 Å². The largest absolute Gasteiger partial charge is 0.484 e. The van der Waals surface area contributed by atoms with E-state index in [-0.39, 0.29) is 13.2 Å². The van der Waals surface area contributed by atoms with E-state index in [4.69, 9.17) is 15.2 Å². The van der Waals surface area contributed by atoms with E-state index in [2.05, 4.69) is 5.32 Å². The van der Waals surface area contributed by atoms with Crippen LogP contribution in [0.2, 0.25) is 0 Å². The number of primary amides is 1. The van der Waals surface area contributed by atoms with Crippen LogP contribution in [0.4, 0.5) is 4.79 Å². The Morgan fingerprint density at radius 1 is 1.35 bits per heavy atom. The van der Waals surface area contributed by atoms with Crippen LogP contribution in [0.15, 0.2) is 24.3 Å². The lowest BCUT2D eigenvalue weighted by Gasteiger charge is -2.08. The zero-order valence-electron chi connectivity index (χ0n) is 11.6. The highest BCUT2D eigenvalue weighted by Crippen LogP contribution is 2.14. The van der Waals surface area contributed by atoms with Crippen molar-refractivity contribution in [1.82, 2.24) is 5.32 Å². The van der Waals surface area contributed by atoms with Crippen molar-refractivity contribution in [2.75, 3.05) is 13.2 Å². The molecular weight excluding hydrogens is 260 g/mol. The molecule has 0 aliphatic rings. The van der Waals surface area contributed by atoms with Crippen molar-refractivity contribution >= 4 is 12.0 Å². The minimum Gasteiger partial charge on any atom is -0.484 e. The third-order valence-electron chi connectivity index (χ3n) is 2.45. The minimum absolute atomic E-state index is 0.145. The lowest BCUT2D eigenvalue weighted by molar-refractivity contribution is -0.119. The number of carbonyl (C=O) groups excluding carboxylic acids is 2. The van der Waals surface area contributed by atoms with Crippen LogP contribution < -0.4 is 15.8 Å². The number of benzene rings is 1. The highest BCUT2D eigenvalue weighted by atomic mass is 16.5. The lowest BCUT2D eigenvalue weighted by Crippen LogP contribution is -2.25. The second-order valence-electron chi connectivity index (χ2n) is 4.26. The van der Waals surface area contributed by atoms with E-state index in [9.17, 15) is 9.59 Å². The van der Waals surface area contributed by atoms with Crippen LogP contribution in [-0.4, -0.2) is 25.2 Å². The Bertz CT molecular complexity index is 449. The first-order chi connectivity index (χ1) is 9.61. The quantitative estimate of drug-likeness (QED) is 0.707. The lowest BCUT2D eigenvalue weighted by atomic mass is 10.2. The van der Waals surface area contributed by atoms with E-state index in [1.807, 2.05) is 6.92 Å². The fourth-order valence-electron chi connectivity index (χ4n) is 1.45. The van der Waals surface area contributed by atoms with Gasteiger partial charge in [-0.25, -0.2) is 4.79 Å². The van der Waals surface area contributed by atoms with Crippen molar-refractivity contribution in [2.24, 2.45) is 5.73 Å². The summed E-state index contributed by atoms with van der Waals surface area (Å²) in [6.45, 7) is 2.62. The van der Waals surface area contributed by atoms with Crippen molar-refractivity contribution in [1.29, 1.82) is 0 Å². The Morgan fingerprint density at radius 3 is 2.85 bits per heavy atom. The second kappa shape index (κ2) is 8.79. The molecule has 3 N–H and O–H groups in total. The molecule has 2 amide bonds. The maximum absolute atomic E-state index is 11.4. The van der Waals surface area contributed by atoms with Crippen molar-refractivity contribution in [2.45, 2.75) is 26.4 Å². The van der Waals surface area contributed by atoms with E-state index in [1.54, 1.807) is 24.3 Å². The third kappa shape index (κ3) is 6.63. The summed E-state index contributed by atoms with van der Waals surface area (Å²) >= 11 is 0. The molecule has 6 heteroatoms. The summed E-state index contributed by atoms with van der Waals surface area (Å²) in [4.78, 5) is 22.0. The number of nitrogens with two attached hydrogens (primary N) is 1. The van der Waals surface area contributed by atoms with E-state index >= 15 is 0 Å². The Balaban J connectivity index is 2.38. The Morgan fingerprint density at radius 2 is 2.15 bits per heavy atom. The molecule has 0 saturated heterocycles. The van der Waals surface area contributed by atoms with Crippen LogP contribution in [0, 0.1) is 0 Å². The summed E-state index contributed by atoms with van der Waals surface area (Å²) in [5, 5.41) is 2.65. The number of carbonyl (C=O) groups is 2. The van der Waals surface area contributed by atoms with Crippen LogP contribution in [0.25, 0.3) is 0 Å². The highest BCUT2D eigenvalue weighted by molar-refractivity contribution is 5.75. The molecule has 0 bridgehead atoms. The SMILES string of the molecule is CCCCNC(=O)OCc1cccc(OCC(N)=O)c1. The number of alkyl carbamates (subject to hydrolysis) is 1. The first-order valence-electron chi connectivity index (χ1n) is 6.52. The molecule has 0 spiro atoms. The Labute approximate surface area is 118 Å². The van der Waals surface area contributed by atoms with E-state index in [0.717, 1.165) is 18.4 Å². The summed E-state index contributed by atoms with van der Waals surface area (Å²) in [7, 11) is 0. The number of unbranched alkanes of at least 4 members (excludes halogenated alkanes) is 1. The van der Waals surface area contributed by atoms with E-state index in [1.165, 1.54) is 0 Å². The van der Waals surface area contributed by atoms with E-state index < -0.39 is 12.0 Å². The van der Waals surface area contributed by atoms with Gasteiger partial charge in [0.25, 0.3) is 5.91 Å². The van der Waals surface area contributed by atoms with Crippen molar-refractivity contribution in [3.05, 3.63) is 29.8 Å². The summed E-state index contributed by atoms with van der Waals surface area (Å²) in [6, 6.07) is 6.95. The maximum atomic E-state index is 11.4. The summed E-state index contributed by atoms with van der Waals surface area (Å²) in [5.41, 5.74) is 5.77. The van der Waals surface area contributed by atoms with Crippen LogP contribution in [0.5, 0.6) is 5.75 Å². The van der Waals surface area contributed by atoms with Crippen LogP contribution in [-0.2, 0) is 16.1 Å². The predicted molar refractivity (Wildman–Crippen MR) is 74.2 cm³/mol. The van der Waals surface area contributed by atoms with Gasteiger partial charge < -0.3 is 20.5 Å². The second-order valence-corrected chi connectivity index (χ2v) is 4.26. The van der Waals surface area contributed by atoms with Crippen molar-refractivity contribution in [3.63, 3.8) is 0 Å². The summed E-state index contributed by atoms with van der Waals surface area (Å²) in [5.74, 6) is -0.0294. The van der Waals surface area contributed by atoms with Gasteiger partial charge in [0.05, 0.1) is 0 Å². The number of amides is 2. The number of hydrogen-bond donors (Lipinski definition) is 2. The average Bonchev–Trinajstić information content (AvgIpc) is 2.44. The molecule has 6 nitrogen and oxygen atoms in total. The Kier molecular flexibility index (Phi) is 6.95. The molecule has 1 aromatic rings. The smallest absolute Gasteiger partial charge is 0.407 e. The first kappa shape index (κ1) is 15.8. The fraction of sp³-hybridized carbons (Fsp3) is 0.429. The molecule has 20 heavy (non-hydrogen) atoms. The summed E-state index contributed by atoms with van der Waals surface area (Å²) in [6.07, 6.45) is 1.49. The molecule has 0 fully saturated rings. The van der Waals surface area contributed by atoms with E-state index in [0.29, 0.717) is 12.3 Å². The van der Waals surface area contributed by atoms with Gasteiger partial charge in [0.2, 0.25) is 0 Å². The third-order valence-corrected chi connectivity index (χ3v) is 2.45. The van der Waals surface area contributed by atoms with Gasteiger partial charge >= 0.3 is 6.09 Å². The number of hydrogen-bond acceptors (Lipinski definition) is 4. The molecule has 0 aliphatic heterocycles. The van der Waals surface area contributed by atoms with Crippen LogP contribution >= 0.6 is 0 Å². The van der Waals surface area contributed by atoms with Crippen molar-refractivity contribution < 1.29 is 19.1 Å². The molecule has 0 radical (unpaired) electrons. The molecule has 1 aromatic carbocycles. The van der Waals surface area contributed by atoms with Gasteiger partial charge in [0.15, 0.2) is 6.61 Å². The molecule has 0 saturated carbocycles. The molecule has 0 aromatic heterocycles. The highest BCUT2D eigenvalue weighted by Gasteiger charge is 2.03. The predicted octanol–water partition coefficient (Wildman–Crippen LogP) is 1.58. The maximum Gasteiger partial charge on any atom is 0.407 e. The molecule has 110 valence electrons. The Hall–Kier alpha value is -2.24. The molecule has 0 heterocycles. The normalized spacial score (nSPS) is 9.85. The molecule has 1 rings (SSSR count). The first-order valence-corrected chi connectivity index (χ1v) is 6.52. The topological polar surface area (TPSA) is 90.7 Å². The van der Waals surface area contributed by atoms with Gasteiger partial charge in [-0.1, -0.05) is 25.5 Å². The minimum atomic E-state index is -0.540. The van der Waals surface area contributed by atoms with Crippen LogP contribution in [0.1, 0.15) is 25.3 Å². The average molecular weight is 280 g/mol. The van der Waals surface area contributed by atoms with Gasteiger partial charge in [-0.15, -0.1) is 0 Å². The number of nitrogens with one attached hydrogen (secondary N) is 1. The fourth-order valence-corrected chi connectivity index (χ4v) is 1.45. The molecular formula is C14H20N2O4. The molecule has 0 unspecified atom stereocenters. The van der Waals surface area contributed by atoms with Gasteiger partial charge in [-0.3, -0.25) is 4.79 Å². The van der Waals surface area contributed by atoms with Crippen molar-refractivity contribution in [3.8, 4) is 5.75 Å². The molecule has 0 atom stereocenters. The van der Waals surface area contributed by atoms with Gasteiger partial charge in [-0.2, -0.15) is 0 Å². The van der Waals surface area contributed by atoms with Gasteiger partial charge in [-0.05, 0) is 24.1 Å². The molecule has 0 aliphatic carbocycles.